The molecule has 1 aromatic carbocycles. The van der Waals surface area contributed by atoms with Crippen LogP contribution in [0, 0.1) is 6.92 Å². The first-order chi connectivity index (χ1) is 11.2. The summed E-state index contributed by atoms with van der Waals surface area (Å²) in [5.74, 6) is -0.358. The fourth-order valence-electron chi connectivity index (χ4n) is 2.74. The molecule has 5 nitrogen and oxygen atoms in total. The Kier molecular flexibility index (Phi) is 4.57. The van der Waals surface area contributed by atoms with Crippen molar-refractivity contribution in [1.82, 2.24) is 14.9 Å². The Morgan fingerprint density at radius 3 is 2.78 bits per heavy atom. The number of aryl methyl sites for hydroxylation is 1. The average Bonchev–Trinajstić information content (AvgIpc) is 2.88. The summed E-state index contributed by atoms with van der Waals surface area (Å²) in [7, 11) is 0. The minimum absolute atomic E-state index is 0.275. The van der Waals surface area contributed by atoms with Crippen LogP contribution >= 0.6 is 0 Å². The van der Waals surface area contributed by atoms with E-state index < -0.39 is 0 Å². The molecular formula is C18H21N3O2. The van der Waals surface area contributed by atoms with E-state index in [1.807, 2.05) is 0 Å². The maximum Gasteiger partial charge on any atom is 0.421 e. The van der Waals surface area contributed by atoms with Crippen molar-refractivity contribution < 1.29 is 4.42 Å². The van der Waals surface area contributed by atoms with Crippen LogP contribution in [0.2, 0.25) is 0 Å². The molecule has 0 bridgehead atoms. The number of nitrogens with one attached hydrogen (secondary N) is 1. The lowest BCUT2D eigenvalue weighted by molar-refractivity contribution is 0.462. The van der Waals surface area contributed by atoms with E-state index in [-0.39, 0.29) is 11.8 Å². The lowest BCUT2D eigenvalue weighted by Gasteiger charge is -2.17. The Hall–Kier alpha value is -2.40. The molecule has 1 atom stereocenters. The average molecular weight is 311 g/mol. The molecule has 0 aliphatic rings. The van der Waals surface area contributed by atoms with Crippen molar-refractivity contribution >= 4 is 11.2 Å². The van der Waals surface area contributed by atoms with Crippen molar-refractivity contribution in [2.24, 2.45) is 0 Å². The topological polar surface area (TPSA) is 60.1 Å². The van der Waals surface area contributed by atoms with E-state index in [0.717, 1.165) is 6.42 Å². The molecule has 0 amide bonds. The highest BCUT2D eigenvalue weighted by Gasteiger charge is 2.11. The quantitative estimate of drug-likeness (QED) is 0.760. The summed E-state index contributed by atoms with van der Waals surface area (Å²) in [6, 6.07) is 12.3. The van der Waals surface area contributed by atoms with Crippen LogP contribution in [0.1, 0.15) is 30.5 Å². The number of benzene rings is 1. The molecule has 0 aliphatic carbocycles. The number of rotatable bonds is 6. The van der Waals surface area contributed by atoms with Crippen molar-refractivity contribution in [2.75, 3.05) is 6.54 Å². The van der Waals surface area contributed by atoms with Gasteiger partial charge in [-0.3, -0.25) is 4.57 Å². The predicted molar refractivity (Wildman–Crippen MR) is 90.5 cm³/mol. The van der Waals surface area contributed by atoms with Crippen LogP contribution in [-0.4, -0.2) is 16.1 Å². The summed E-state index contributed by atoms with van der Waals surface area (Å²) in [6.07, 6.45) is 2.66. The summed E-state index contributed by atoms with van der Waals surface area (Å²) in [4.78, 5) is 16.1. The maximum atomic E-state index is 11.9. The van der Waals surface area contributed by atoms with E-state index >= 15 is 0 Å². The number of hydrogen-bond donors (Lipinski definition) is 1. The van der Waals surface area contributed by atoms with Gasteiger partial charge >= 0.3 is 5.76 Å². The first kappa shape index (κ1) is 15.5. The highest BCUT2D eigenvalue weighted by molar-refractivity contribution is 5.67. The lowest BCUT2D eigenvalue weighted by Crippen LogP contribution is -2.28. The Balaban J connectivity index is 1.69. The van der Waals surface area contributed by atoms with Gasteiger partial charge in [0.05, 0.1) is 0 Å². The van der Waals surface area contributed by atoms with Crippen LogP contribution in [-0.2, 0) is 6.54 Å². The largest absolute Gasteiger partial charge is 0.421 e. The summed E-state index contributed by atoms with van der Waals surface area (Å²) in [5, 5.41) is 3.51. The third-order valence-electron chi connectivity index (χ3n) is 4.04. The molecule has 0 fully saturated rings. The molecule has 0 saturated heterocycles. The number of oxazole rings is 1. The second kappa shape index (κ2) is 6.79. The Morgan fingerprint density at radius 2 is 2.04 bits per heavy atom. The first-order valence-electron chi connectivity index (χ1n) is 7.93. The van der Waals surface area contributed by atoms with Gasteiger partial charge in [-0.1, -0.05) is 36.8 Å². The molecule has 2 heterocycles. The predicted octanol–water partition coefficient (Wildman–Crippen LogP) is 3.04. The van der Waals surface area contributed by atoms with Crippen LogP contribution in [0.15, 0.2) is 51.8 Å². The Morgan fingerprint density at radius 1 is 1.26 bits per heavy atom. The zero-order valence-electron chi connectivity index (χ0n) is 13.5. The fraction of sp³-hybridized carbons (Fsp3) is 0.333. The van der Waals surface area contributed by atoms with Crippen LogP contribution in [0.4, 0.5) is 0 Å². The number of nitrogens with zero attached hydrogens (tertiary/aromatic N) is 2. The molecule has 23 heavy (non-hydrogen) atoms. The molecule has 0 saturated carbocycles. The van der Waals surface area contributed by atoms with Crippen LogP contribution < -0.4 is 11.1 Å². The van der Waals surface area contributed by atoms with Gasteiger partial charge in [-0.2, -0.15) is 0 Å². The van der Waals surface area contributed by atoms with Gasteiger partial charge < -0.3 is 9.73 Å². The summed E-state index contributed by atoms with van der Waals surface area (Å²) < 4.78 is 6.77. The standard InChI is InChI=1S/C18H21N3O2/c1-3-15(14-8-6-13(2)7-9-14)19-11-12-21-17-16(23-18(21)22)5-4-10-20-17/h4-10,15,19H,3,11-12H2,1-2H3. The van der Waals surface area contributed by atoms with Crippen molar-refractivity contribution in [1.29, 1.82) is 0 Å². The van der Waals surface area contributed by atoms with Gasteiger partial charge in [-0.05, 0) is 31.0 Å². The molecule has 1 N–H and O–H groups in total. The van der Waals surface area contributed by atoms with E-state index in [2.05, 4.69) is 48.4 Å². The molecule has 5 heteroatoms. The third-order valence-corrected chi connectivity index (χ3v) is 4.04. The second-order valence-corrected chi connectivity index (χ2v) is 5.67. The second-order valence-electron chi connectivity index (χ2n) is 5.67. The molecule has 3 aromatic rings. The third kappa shape index (κ3) is 3.35. The molecule has 0 aliphatic heterocycles. The van der Waals surface area contributed by atoms with Gasteiger partial charge in [-0.15, -0.1) is 0 Å². The highest BCUT2D eigenvalue weighted by atomic mass is 16.4. The maximum absolute atomic E-state index is 11.9. The molecule has 2 aromatic heterocycles. The molecule has 120 valence electrons. The summed E-state index contributed by atoms with van der Waals surface area (Å²) in [5.41, 5.74) is 3.65. The minimum atomic E-state index is -0.358. The fourth-order valence-corrected chi connectivity index (χ4v) is 2.74. The summed E-state index contributed by atoms with van der Waals surface area (Å²) in [6.45, 7) is 5.45. The monoisotopic (exact) mass is 311 g/mol. The highest BCUT2D eigenvalue weighted by Crippen LogP contribution is 2.17. The van der Waals surface area contributed by atoms with E-state index in [0.29, 0.717) is 24.3 Å². The lowest BCUT2D eigenvalue weighted by atomic mass is 10.0. The minimum Gasteiger partial charge on any atom is -0.406 e. The van der Waals surface area contributed by atoms with Crippen molar-refractivity contribution in [2.45, 2.75) is 32.9 Å². The van der Waals surface area contributed by atoms with Crippen molar-refractivity contribution in [3.05, 3.63) is 64.3 Å². The van der Waals surface area contributed by atoms with E-state index in [9.17, 15) is 4.79 Å². The Labute approximate surface area is 135 Å². The first-order valence-corrected chi connectivity index (χ1v) is 7.93. The van der Waals surface area contributed by atoms with Gasteiger partial charge in [0.2, 0.25) is 0 Å². The molecule has 1 unspecified atom stereocenters. The molecule has 0 spiro atoms. The van der Waals surface area contributed by atoms with Gasteiger partial charge in [-0.25, -0.2) is 9.78 Å². The zero-order valence-corrected chi connectivity index (χ0v) is 13.5. The smallest absolute Gasteiger partial charge is 0.406 e. The van der Waals surface area contributed by atoms with Crippen molar-refractivity contribution in [3.8, 4) is 0 Å². The van der Waals surface area contributed by atoms with Crippen molar-refractivity contribution in [3.63, 3.8) is 0 Å². The molecule has 3 rings (SSSR count). The summed E-state index contributed by atoms with van der Waals surface area (Å²) >= 11 is 0. The van der Waals surface area contributed by atoms with Crippen LogP contribution in [0.25, 0.3) is 11.2 Å². The van der Waals surface area contributed by atoms with Gasteiger partial charge in [0.1, 0.15) is 0 Å². The molecular weight excluding hydrogens is 290 g/mol. The van der Waals surface area contributed by atoms with Gasteiger partial charge in [0.15, 0.2) is 11.2 Å². The SMILES string of the molecule is CCC(NCCn1c(=O)oc2cccnc21)c1ccc(C)cc1. The molecule has 0 radical (unpaired) electrons. The number of aromatic nitrogens is 2. The van der Waals surface area contributed by atoms with Gasteiger partial charge in [0, 0.05) is 25.3 Å². The van der Waals surface area contributed by atoms with Crippen LogP contribution in [0.5, 0.6) is 0 Å². The van der Waals surface area contributed by atoms with Gasteiger partial charge in [0.25, 0.3) is 0 Å². The number of fused-ring (bicyclic) bond motifs is 1. The van der Waals surface area contributed by atoms with E-state index in [1.54, 1.807) is 22.9 Å². The normalized spacial score (nSPS) is 12.6. The Bertz CT molecular complexity index is 833. The number of pyridine rings is 1. The number of hydrogen-bond acceptors (Lipinski definition) is 4. The van der Waals surface area contributed by atoms with E-state index in [4.69, 9.17) is 4.42 Å². The van der Waals surface area contributed by atoms with Crippen LogP contribution in [0.3, 0.4) is 0 Å². The zero-order chi connectivity index (χ0) is 16.2. The van der Waals surface area contributed by atoms with E-state index in [1.165, 1.54) is 11.1 Å².